The highest BCUT2D eigenvalue weighted by atomic mass is 35.5. The number of aryl methyl sites for hydroxylation is 1. The van der Waals surface area contributed by atoms with E-state index < -0.39 is 5.97 Å². The summed E-state index contributed by atoms with van der Waals surface area (Å²) in [6, 6.07) is 5.21. The molecule has 0 radical (unpaired) electrons. The molecule has 0 saturated carbocycles. The molecule has 1 aromatic carbocycles. The van der Waals surface area contributed by atoms with Gasteiger partial charge in [-0.3, -0.25) is 0 Å². The van der Waals surface area contributed by atoms with Gasteiger partial charge in [0.25, 0.3) is 0 Å². The average molecular weight is 286 g/mol. The van der Waals surface area contributed by atoms with Crippen molar-refractivity contribution in [3.05, 3.63) is 33.9 Å². The number of fused-ring (bicyclic) bond motifs is 1. The van der Waals surface area contributed by atoms with Gasteiger partial charge in [-0.25, -0.2) is 4.79 Å². The Bertz CT molecular complexity index is 605. The predicted octanol–water partition coefficient (Wildman–Crippen LogP) is 4.45. The zero-order chi connectivity index (χ0) is 13.3. The Morgan fingerprint density at radius 3 is 2.72 bits per heavy atom. The first kappa shape index (κ1) is 13.2. The number of carboxylic acids is 1. The van der Waals surface area contributed by atoms with Gasteiger partial charge in [0.15, 0.2) is 0 Å². The Hall–Kier alpha value is -1.19. The number of aromatic carboxylic acids is 1. The summed E-state index contributed by atoms with van der Waals surface area (Å²) in [6.45, 7) is 2.74. The molecular formula is C13H13Cl2NO2. The number of carboxylic acid groups (broad SMARTS) is 1. The average Bonchev–Trinajstić information content (AvgIpc) is 2.60. The number of benzene rings is 1. The van der Waals surface area contributed by atoms with Gasteiger partial charge in [-0.2, -0.15) is 0 Å². The van der Waals surface area contributed by atoms with Crippen LogP contribution in [0.2, 0.25) is 10.2 Å². The summed E-state index contributed by atoms with van der Waals surface area (Å²) < 4.78 is 1.78. The van der Waals surface area contributed by atoms with Crippen molar-refractivity contribution in [2.24, 2.45) is 0 Å². The molecule has 1 heterocycles. The zero-order valence-corrected chi connectivity index (χ0v) is 11.4. The number of aromatic nitrogens is 1. The van der Waals surface area contributed by atoms with Crippen molar-refractivity contribution in [1.29, 1.82) is 0 Å². The summed E-state index contributed by atoms with van der Waals surface area (Å²) in [5, 5.41) is 10.6. The molecule has 2 rings (SSSR count). The minimum atomic E-state index is -1.03. The number of para-hydroxylation sites is 1. The van der Waals surface area contributed by atoms with Crippen molar-refractivity contribution >= 4 is 40.1 Å². The van der Waals surface area contributed by atoms with E-state index in [-0.39, 0.29) is 10.7 Å². The smallest absolute Gasteiger partial charge is 0.339 e. The van der Waals surface area contributed by atoms with E-state index in [1.165, 1.54) is 0 Å². The topological polar surface area (TPSA) is 42.2 Å². The van der Waals surface area contributed by atoms with Crippen molar-refractivity contribution in [2.75, 3.05) is 0 Å². The summed E-state index contributed by atoms with van der Waals surface area (Å²) in [5.41, 5.74) is 0.834. The molecule has 0 fully saturated rings. The maximum absolute atomic E-state index is 11.3. The van der Waals surface area contributed by atoms with Gasteiger partial charge in [-0.15, -0.1) is 0 Å². The molecule has 0 unspecified atom stereocenters. The molecule has 0 aliphatic carbocycles. The fourth-order valence-corrected chi connectivity index (χ4v) is 2.69. The summed E-state index contributed by atoms with van der Waals surface area (Å²) in [4.78, 5) is 11.3. The SMILES string of the molecule is CCCCn1c(Cl)c(C(=O)O)c2cccc(Cl)c21. The zero-order valence-electron chi connectivity index (χ0n) is 9.91. The van der Waals surface area contributed by atoms with Gasteiger partial charge in [-0.05, 0) is 12.5 Å². The molecule has 0 spiro atoms. The van der Waals surface area contributed by atoms with Crippen molar-refractivity contribution in [3.8, 4) is 0 Å². The van der Waals surface area contributed by atoms with Crippen LogP contribution in [0.1, 0.15) is 30.1 Å². The number of hydrogen-bond donors (Lipinski definition) is 1. The van der Waals surface area contributed by atoms with Crippen molar-refractivity contribution < 1.29 is 9.90 Å². The second kappa shape index (κ2) is 5.21. The van der Waals surface area contributed by atoms with E-state index in [1.807, 2.05) is 0 Å². The van der Waals surface area contributed by atoms with Crippen LogP contribution in [0, 0.1) is 0 Å². The van der Waals surface area contributed by atoms with E-state index in [4.69, 9.17) is 23.2 Å². The van der Waals surface area contributed by atoms with Crippen LogP contribution in [0.5, 0.6) is 0 Å². The van der Waals surface area contributed by atoms with Crippen LogP contribution in [0.25, 0.3) is 10.9 Å². The van der Waals surface area contributed by atoms with Gasteiger partial charge in [0, 0.05) is 11.9 Å². The first-order valence-corrected chi connectivity index (χ1v) is 6.53. The number of unbranched alkanes of at least 4 members (excludes halogenated alkanes) is 1. The molecule has 0 bridgehead atoms. The molecule has 5 heteroatoms. The van der Waals surface area contributed by atoms with Crippen LogP contribution in [-0.2, 0) is 6.54 Å². The third kappa shape index (κ3) is 2.08. The molecule has 1 aromatic heterocycles. The molecule has 0 atom stereocenters. The fourth-order valence-electron chi connectivity index (χ4n) is 2.07. The highest BCUT2D eigenvalue weighted by Gasteiger charge is 2.21. The highest BCUT2D eigenvalue weighted by Crippen LogP contribution is 2.34. The number of rotatable bonds is 4. The first-order chi connectivity index (χ1) is 8.57. The summed E-state index contributed by atoms with van der Waals surface area (Å²) in [5.74, 6) is -1.03. The van der Waals surface area contributed by atoms with Gasteiger partial charge in [0.05, 0.1) is 10.5 Å². The molecule has 2 aromatic rings. The summed E-state index contributed by atoms with van der Waals surface area (Å²) in [7, 11) is 0. The standard InChI is InChI=1S/C13H13Cl2NO2/c1-2-3-7-16-11-8(5-4-6-9(11)14)10(12(16)15)13(17)18/h4-6H,2-3,7H2,1H3,(H,17,18). The minimum Gasteiger partial charge on any atom is -0.478 e. The number of hydrogen-bond acceptors (Lipinski definition) is 1. The van der Waals surface area contributed by atoms with Gasteiger partial charge in [0.1, 0.15) is 10.7 Å². The lowest BCUT2D eigenvalue weighted by atomic mass is 10.2. The van der Waals surface area contributed by atoms with Crippen LogP contribution < -0.4 is 0 Å². The number of nitrogens with zero attached hydrogens (tertiary/aromatic N) is 1. The second-order valence-electron chi connectivity index (χ2n) is 4.11. The Kier molecular flexibility index (Phi) is 3.83. The third-order valence-corrected chi connectivity index (χ3v) is 3.62. The van der Waals surface area contributed by atoms with E-state index in [2.05, 4.69) is 6.92 Å². The summed E-state index contributed by atoms with van der Waals surface area (Å²) >= 11 is 12.3. The molecule has 3 nitrogen and oxygen atoms in total. The van der Waals surface area contributed by atoms with E-state index in [1.54, 1.807) is 22.8 Å². The van der Waals surface area contributed by atoms with Crippen LogP contribution in [0.15, 0.2) is 18.2 Å². The Morgan fingerprint density at radius 2 is 2.11 bits per heavy atom. The van der Waals surface area contributed by atoms with E-state index in [0.29, 0.717) is 22.5 Å². The normalized spacial score (nSPS) is 11.1. The highest BCUT2D eigenvalue weighted by molar-refractivity contribution is 6.39. The molecule has 96 valence electrons. The lowest BCUT2D eigenvalue weighted by molar-refractivity contribution is 0.0699. The minimum absolute atomic E-state index is 0.130. The summed E-state index contributed by atoms with van der Waals surface area (Å²) in [6.07, 6.45) is 1.93. The van der Waals surface area contributed by atoms with E-state index >= 15 is 0 Å². The van der Waals surface area contributed by atoms with Crippen molar-refractivity contribution in [1.82, 2.24) is 4.57 Å². The van der Waals surface area contributed by atoms with Crippen LogP contribution in [0.4, 0.5) is 0 Å². The molecule has 0 aliphatic heterocycles. The van der Waals surface area contributed by atoms with Gasteiger partial charge in [-0.1, -0.05) is 48.7 Å². The van der Waals surface area contributed by atoms with Crippen LogP contribution >= 0.6 is 23.2 Å². The third-order valence-electron chi connectivity index (χ3n) is 2.92. The molecular weight excluding hydrogens is 273 g/mol. The molecule has 0 saturated heterocycles. The largest absolute Gasteiger partial charge is 0.478 e. The Balaban J connectivity index is 2.75. The number of halogens is 2. The van der Waals surface area contributed by atoms with Crippen LogP contribution in [-0.4, -0.2) is 15.6 Å². The monoisotopic (exact) mass is 285 g/mol. The van der Waals surface area contributed by atoms with E-state index in [9.17, 15) is 9.90 Å². The van der Waals surface area contributed by atoms with Crippen molar-refractivity contribution in [2.45, 2.75) is 26.3 Å². The molecule has 1 N–H and O–H groups in total. The Morgan fingerprint density at radius 1 is 1.39 bits per heavy atom. The molecule has 0 aliphatic rings. The first-order valence-electron chi connectivity index (χ1n) is 5.77. The van der Waals surface area contributed by atoms with Crippen molar-refractivity contribution in [3.63, 3.8) is 0 Å². The van der Waals surface area contributed by atoms with Gasteiger partial charge in [0.2, 0.25) is 0 Å². The molecule has 0 amide bonds. The maximum atomic E-state index is 11.3. The lowest BCUT2D eigenvalue weighted by Crippen LogP contribution is -2.00. The second-order valence-corrected chi connectivity index (χ2v) is 4.88. The number of carbonyl (C=O) groups is 1. The predicted molar refractivity (Wildman–Crippen MR) is 73.8 cm³/mol. The van der Waals surface area contributed by atoms with Gasteiger partial charge < -0.3 is 9.67 Å². The fraction of sp³-hybridized carbons (Fsp3) is 0.308. The maximum Gasteiger partial charge on any atom is 0.339 e. The van der Waals surface area contributed by atoms with Gasteiger partial charge >= 0.3 is 5.97 Å². The lowest BCUT2D eigenvalue weighted by Gasteiger charge is -2.06. The van der Waals surface area contributed by atoms with E-state index in [0.717, 1.165) is 12.8 Å². The quantitative estimate of drug-likeness (QED) is 0.902. The Labute approximate surface area is 115 Å². The molecule has 18 heavy (non-hydrogen) atoms. The van der Waals surface area contributed by atoms with Crippen LogP contribution in [0.3, 0.4) is 0 Å².